The lowest BCUT2D eigenvalue weighted by atomic mass is 9.66. The molecule has 4 saturated heterocycles. The predicted octanol–water partition coefficient (Wildman–Crippen LogP) is 0.905. The number of carbonyl (C=O) groups excluding carboxylic acids is 3. The molecule has 4 aliphatic rings. The fourth-order valence-corrected chi connectivity index (χ4v) is 7.18. The van der Waals surface area contributed by atoms with Gasteiger partial charge in [0, 0.05) is 59.0 Å². The zero-order valence-corrected chi connectivity index (χ0v) is 23.7. The molecule has 4 fully saturated rings. The van der Waals surface area contributed by atoms with Crippen LogP contribution in [0.1, 0.15) is 39.5 Å². The summed E-state index contributed by atoms with van der Waals surface area (Å²) in [5.41, 5.74) is -1.88. The van der Waals surface area contributed by atoms with Gasteiger partial charge in [-0.1, -0.05) is 19.1 Å². The lowest BCUT2D eigenvalue weighted by Crippen LogP contribution is -2.57. The molecule has 0 aliphatic carbocycles. The molecule has 39 heavy (non-hydrogen) atoms. The van der Waals surface area contributed by atoms with Crippen molar-refractivity contribution in [1.29, 1.82) is 0 Å². The average molecular weight is 547 g/mol. The molecule has 0 radical (unpaired) electrons. The molecule has 0 saturated carbocycles. The van der Waals surface area contributed by atoms with Crippen LogP contribution in [0.3, 0.4) is 0 Å². The Hall–Kier alpha value is -2.27. The monoisotopic (exact) mass is 546 g/mol. The summed E-state index contributed by atoms with van der Waals surface area (Å²) in [6.07, 6.45) is 5.70. The Balaban J connectivity index is 1.66. The minimum absolute atomic E-state index is 0.0969. The van der Waals surface area contributed by atoms with Gasteiger partial charge in [0.25, 0.3) is 0 Å². The van der Waals surface area contributed by atoms with Crippen molar-refractivity contribution in [1.82, 2.24) is 19.6 Å². The molecule has 0 aromatic rings. The fourth-order valence-electron chi connectivity index (χ4n) is 7.18. The van der Waals surface area contributed by atoms with Crippen molar-refractivity contribution in [3.63, 3.8) is 0 Å². The second kappa shape index (κ2) is 12.5. The maximum atomic E-state index is 14.4. The molecule has 1 spiro atoms. The van der Waals surface area contributed by atoms with Gasteiger partial charge in [-0.3, -0.25) is 19.3 Å². The van der Waals surface area contributed by atoms with E-state index in [1.807, 2.05) is 13.8 Å². The Morgan fingerprint density at radius 2 is 1.74 bits per heavy atom. The van der Waals surface area contributed by atoms with E-state index in [1.54, 1.807) is 26.9 Å². The van der Waals surface area contributed by atoms with Crippen molar-refractivity contribution < 1.29 is 29.0 Å². The highest BCUT2D eigenvalue weighted by molar-refractivity contribution is 5.99. The fraction of sp³-hybridized carbons (Fsp3) is 0.759. The lowest BCUT2D eigenvalue weighted by Gasteiger charge is -2.37. The molecule has 4 rings (SSSR count). The van der Waals surface area contributed by atoms with Crippen LogP contribution < -0.4 is 0 Å². The number of amides is 3. The maximum Gasteiger partial charge on any atom is 0.248 e. The molecule has 4 aliphatic heterocycles. The van der Waals surface area contributed by atoms with Gasteiger partial charge in [-0.05, 0) is 32.6 Å². The van der Waals surface area contributed by atoms with Gasteiger partial charge in [-0.15, -0.1) is 13.2 Å². The molecular formula is C29H46N4O6. The number of nitrogens with zero attached hydrogens (tertiary/aromatic N) is 4. The molecule has 4 heterocycles. The number of fused-ring (bicyclic) bond motifs is 1. The van der Waals surface area contributed by atoms with Gasteiger partial charge in [0.1, 0.15) is 11.6 Å². The largest absolute Gasteiger partial charge is 0.396 e. The summed E-state index contributed by atoms with van der Waals surface area (Å²) >= 11 is 0. The highest BCUT2D eigenvalue weighted by Gasteiger charge is 2.78. The molecule has 5 atom stereocenters. The molecule has 0 aromatic carbocycles. The van der Waals surface area contributed by atoms with Gasteiger partial charge >= 0.3 is 0 Å². The van der Waals surface area contributed by atoms with Crippen molar-refractivity contribution in [2.75, 3.05) is 72.2 Å². The van der Waals surface area contributed by atoms with E-state index in [1.165, 1.54) is 0 Å². The number of carbonyl (C=O) groups is 3. The van der Waals surface area contributed by atoms with Crippen LogP contribution in [-0.2, 0) is 23.9 Å². The summed E-state index contributed by atoms with van der Waals surface area (Å²) in [6.45, 7) is 17.3. The van der Waals surface area contributed by atoms with Gasteiger partial charge in [0.2, 0.25) is 17.7 Å². The average Bonchev–Trinajstić information content (AvgIpc) is 3.50. The van der Waals surface area contributed by atoms with E-state index in [9.17, 15) is 19.5 Å². The number of likely N-dealkylation sites (tertiary alicyclic amines) is 1. The summed E-state index contributed by atoms with van der Waals surface area (Å²) in [5.74, 6) is -1.90. The first-order valence-corrected chi connectivity index (χ1v) is 14.5. The van der Waals surface area contributed by atoms with Crippen LogP contribution in [0.15, 0.2) is 25.3 Å². The Labute approximate surface area is 232 Å². The molecule has 2 bridgehead atoms. The first-order valence-electron chi connectivity index (χ1n) is 14.5. The molecule has 218 valence electrons. The summed E-state index contributed by atoms with van der Waals surface area (Å²) < 4.78 is 12.2. The number of hydrogen-bond donors (Lipinski definition) is 1. The van der Waals surface area contributed by atoms with Crippen molar-refractivity contribution in [2.24, 2.45) is 11.8 Å². The highest BCUT2D eigenvalue weighted by Crippen LogP contribution is 2.63. The van der Waals surface area contributed by atoms with Gasteiger partial charge in [0.15, 0.2) is 0 Å². The summed E-state index contributed by atoms with van der Waals surface area (Å²) in [7, 11) is 0. The van der Waals surface area contributed by atoms with Crippen LogP contribution in [0.5, 0.6) is 0 Å². The summed E-state index contributed by atoms with van der Waals surface area (Å²) in [5, 5.41) is 9.60. The van der Waals surface area contributed by atoms with E-state index in [-0.39, 0.29) is 30.9 Å². The van der Waals surface area contributed by atoms with Crippen LogP contribution in [-0.4, -0.2) is 132 Å². The summed E-state index contributed by atoms with van der Waals surface area (Å²) in [4.78, 5) is 49.9. The standard InChI is InChI=1S/C29H46N4O6/c1-5-11-31(12-6-2)25(35)22-23-26(36)33(14-8-19-34)24(29(23)10-9-28(22,4)39-29)27(37)32(13-7-3)16-15-30-17-20-38-21-18-30/h5,7,22-24,34H,1,3,6,8-21H2,2,4H3/t22-,23-,24?,28+,29?/m0/s1. The van der Waals surface area contributed by atoms with E-state index in [2.05, 4.69) is 18.1 Å². The first-order chi connectivity index (χ1) is 18.8. The van der Waals surface area contributed by atoms with Crippen LogP contribution in [0.4, 0.5) is 0 Å². The van der Waals surface area contributed by atoms with Crippen molar-refractivity contribution in [2.45, 2.75) is 56.8 Å². The third-order valence-electron chi connectivity index (χ3n) is 8.94. The number of aliphatic hydroxyl groups is 1. The van der Waals surface area contributed by atoms with Crippen LogP contribution in [0.2, 0.25) is 0 Å². The lowest BCUT2D eigenvalue weighted by molar-refractivity contribution is -0.153. The van der Waals surface area contributed by atoms with Crippen molar-refractivity contribution in [3.8, 4) is 0 Å². The SMILES string of the molecule is C=CCN(CCN1CCOCC1)C(=O)C1N(CCCO)C(=O)[C@@H]2[C@@H](C(=O)N(CC=C)CCC)[C@@]3(C)CCC12O3. The third kappa shape index (κ3) is 5.40. The van der Waals surface area contributed by atoms with Crippen molar-refractivity contribution >= 4 is 17.7 Å². The van der Waals surface area contributed by atoms with E-state index >= 15 is 0 Å². The van der Waals surface area contributed by atoms with Gasteiger partial charge in [-0.2, -0.15) is 0 Å². The number of aliphatic hydroxyl groups excluding tert-OH is 1. The van der Waals surface area contributed by atoms with E-state index in [0.29, 0.717) is 65.2 Å². The Bertz CT molecular complexity index is 939. The predicted molar refractivity (Wildman–Crippen MR) is 147 cm³/mol. The number of hydrogen-bond acceptors (Lipinski definition) is 7. The third-order valence-corrected chi connectivity index (χ3v) is 8.94. The first kappa shape index (κ1) is 29.7. The number of ether oxygens (including phenoxy) is 2. The zero-order valence-electron chi connectivity index (χ0n) is 23.7. The van der Waals surface area contributed by atoms with E-state index in [0.717, 1.165) is 19.5 Å². The number of rotatable bonds is 14. The number of morpholine rings is 1. The quantitative estimate of drug-likeness (QED) is 0.323. The summed E-state index contributed by atoms with van der Waals surface area (Å²) in [6, 6.07) is -0.843. The minimum atomic E-state index is -1.07. The topological polar surface area (TPSA) is 103 Å². The van der Waals surface area contributed by atoms with E-state index in [4.69, 9.17) is 9.47 Å². The van der Waals surface area contributed by atoms with Crippen LogP contribution >= 0.6 is 0 Å². The Kier molecular flexibility index (Phi) is 9.52. The normalized spacial score (nSPS) is 31.8. The van der Waals surface area contributed by atoms with Gasteiger partial charge in [0.05, 0.1) is 30.7 Å². The maximum absolute atomic E-state index is 14.4. The van der Waals surface area contributed by atoms with E-state index < -0.39 is 29.1 Å². The molecule has 2 unspecified atom stereocenters. The second-order valence-electron chi connectivity index (χ2n) is 11.4. The zero-order chi connectivity index (χ0) is 28.2. The molecule has 10 nitrogen and oxygen atoms in total. The second-order valence-corrected chi connectivity index (χ2v) is 11.4. The molecule has 10 heteroatoms. The van der Waals surface area contributed by atoms with Gasteiger partial charge < -0.3 is 29.3 Å². The Morgan fingerprint density at radius 1 is 1.08 bits per heavy atom. The van der Waals surface area contributed by atoms with Gasteiger partial charge in [-0.25, -0.2) is 0 Å². The van der Waals surface area contributed by atoms with Crippen molar-refractivity contribution in [3.05, 3.63) is 25.3 Å². The Morgan fingerprint density at radius 3 is 2.36 bits per heavy atom. The highest BCUT2D eigenvalue weighted by atomic mass is 16.5. The smallest absolute Gasteiger partial charge is 0.248 e. The van der Waals surface area contributed by atoms with Crippen LogP contribution in [0.25, 0.3) is 0 Å². The molecule has 1 N–H and O–H groups in total. The minimum Gasteiger partial charge on any atom is -0.396 e. The molecule has 3 amide bonds. The van der Waals surface area contributed by atoms with Crippen LogP contribution in [0, 0.1) is 11.8 Å². The molecular weight excluding hydrogens is 500 g/mol. The molecule has 0 aromatic heterocycles.